The average molecular weight is 405 g/mol. The van der Waals surface area contributed by atoms with Gasteiger partial charge < -0.3 is 20.3 Å². The van der Waals surface area contributed by atoms with Crippen molar-refractivity contribution in [3.8, 4) is 0 Å². The minimum atomic E-state index is 0. The van der Waals surface area contributed by atoms with Gasteiger partial charge in [0.15, 0.2) is 0 Å². The average Bonchev–Trinajstić information content (AvgIpc) is 2.66. The maximum atomic E-state index is 12.2. The number of nitrogens with one attached hydrogen (secondary N) is 2. The lowest BCUT2D eigenvalue weighted by molar-refractivity contribution is -0.121. The van der Waals surface area contributed by atoms with Gasteiger partial charge in [0.25, 0.3) is 0 Å². The summed E-state index contributed by atoms with van der Waals surface area (Å²) in [5.41, 5.74) is 1.08. The molecule has 1 aromatic heterocycles. The smallest absolute Gasteiger partial charge is 0.220 e. The number of hydrogen-bond donors (Lipinski definition) is 2. The molecule has 0 aliphatic carbocycles. The number of amides is 1. The van der Waals surface area contributed by atoms with E-state index >= 15 is 0 Å². The van der Waals surface area contributed by atoms with E-state index in [1.807, 2.05) is 18.3 Å². The fourth-order valence-corrected chi connectivity index (χ4v) is 3.42. The Labute approximate surface area is 168 Å². The van der Waals surface area contributed by atoms with Crippen LogP contribution in [0.2, 0.25) is 0 Å². The van der Waals surface area contributed by atoms with Gasteiger partial charge in [0.1, 0.15) is 5.82 Å². The van der Waals surface area contributed by atoms with Gasteiger partial charge in [-0.15, -0.1) is 24.8 Å². The third kappa shape index (κ3) is 6.91. The Balaban J connectivity index is 0.00000169. The number of rotatable bonds is 6. The second kappa shape index (κ2) is 12.3. The zero-order chi connectivity index (χ0) is 16.6. The normalized spacial score (nSPS) is 17.8. The predicted molar refractivity (Wildman–Crippen MR) is 108 cm³/mol. The Morgan fingerprint density at radius 1 is 1.27 bits per heavy atom. The number of aromatic nitrogens is 1. The molecule has 0 atom stereocenters. The predicted octanol–water partition coefficient (Wildman–Crippen LogP) is 2.16. The lowest BCUT2D eigenvalue weighted by Crippen LogP contribution is -2.37. The molecule has 0 aromatic carbocycles. The fourth-order valence-electron chi connectivity index (χ4n) is 3.42. The number of carbonyl (C=O) groups excluding carboxylic acids is 1. The number of pyridine rings is 1. The van der Waals surface area contributed by atoms with Crippen LogP contribution in [0.4, 0.5) is 5.82 Å². The van der Waals surface area contributed by atoms with Crippen molar-refractivity contribution >= 4 is 36.5 Å². The summed E-state index contributed by atoms with van der Waals surface area (Å²) in [6, 6.07) is 3.98. The van der Waals surface area contributed by atoms with Crippen molar-refractivity contribution in [1.29, 1.82) is 0 Å². The number of anilines is 1. The largest absolute Gasteiger partial charge is 0.378 e. The van der Waals surface area contributed by atoms with Crippen molar-refractivity contribution in [2.45, 2.75) is 32.2 Å². The molecular formula is C18H30Cl2N4O2. The van der Waals surface area contributed by atoms with Crippen molar-refractivity contribution in [2.24, 2.45) is 5.92 Å². The minimum absolute atomic E-state index is 0. The van der Waals surface area contributed by atoms with Crippen LogP contribution in [-0.2, 0) is 16.1 Å². The molecule has 148 valence electrons. The molecule has 2 fully saturated rings. The highest BCUT2D eigenvalue weighted by molar-refractivity contribution is 5.85. The van der Waals surface area contributed by atoms with Crippen molar-refractivity contribution in [3.63, 3.8) is 0 Å². The Hall–Kier alpha value is -1.08. The van der Waals surface area contributed by atoms with E-state index in [0.29, 0.717) is 18.9 Å². The summed E-state index contributed by atoms with van der Waals surface area (Å²) in [4.78, 5) is 18.9. The summed E-state index contributed by atoms with van der Waals surface area (Å²) in [6.07, 6.45) is 5.82. The summed E-state index contributed by atoms with van der Waals surface area (Å²) >= 11 is 0. The monoisotopic (exact) mass is 404 g/mol. The fraction of sp³-hybridized carbons (Fsp3) is 0.667. The number of nitrogens with zero attached hydrogens (tertiary/aromatic N) is 2. The van der Waals surface area contributed by atoms with Crippen LogP contribution >= 0.6 is 24.8 Å². The lowest BCUT2D eigenvalue weighted by Gasteiger charge is -2.29. The van der Waals surface area contributed by atoms with Crippen LogP contribution in [-0.4, -0.2) is 50.3 Å². The molecule has 6 nitrogen and oxygen atoms in total. The van der Waals surface area contributed by atoms with Crippen LogP contribution < -0.4 is 15.5 Å². The van der Waals surface area contributed by atoms with E-state index in [1.54, 1.807) is 0 Å². The van der Waals surface area contributed by atoms with Gasteiger partial charge in [-0.2, -0.15) is 0 Å². The first kappa shape index (κ1) is 23.0. The molecule has 0 radical (unpaired) electrons. The van der Waals surface area contributed by atoms with E-state index < -0.39 is 0 Å². The van der Waals surface area contributed by atoms with Crippen molar-refractivity contribution in [3.05, 3.63) is 23.9 Å². The zero-order valence-electron chi connectivity index (χ0n) is 15.1. The number of hydrogen-bond acceptors (Lipinski definition) is 5. The first-order chi connectivity index (χ1) is 11.8. The number of morpholine rings is 1. The number of carbonyl (C=O) groups is 1. The van der Waals surface area contributed by atoms with Gasteiger partial charge in [-0.25, -0.2) is 4.98 Å². The van der Waals surface area contributed by atoms with Crippen LogP contribution in [0.5, 0.6) is 0 Å². The maximum Gasteiger partial charge on any atom is 0.220 e. The number of piperidine rings is 1. The highest BCUT2D eigenvalue weighted by Crippen LogP contribution is 2.19. The van der Waals surface area contributed by atoms with Gasteiger partial charge in [0.2, 0.25) is 5.91 Å². The molecule has 26 heavy (non-hydrogen) atoms. The first-order valence-corrected chi connectivity index (χ1v) is 9.07. The molecule has 0 spiro atoms. The van der Waals surface area contributed by atoms with Gasteiger partial charge >= 0.3 is 0 Å². The van der Waals surface area contributed by atoms with Crippen LogP contribution in [0.3, 0.4) is 0 Å². The third-order valence-electron chi connectivity index (χ3n) is 4.89. The molecule has 1 amide bonds. The van der Waals surface area contributed by atoms with Gasteiger partial charge in [-0.1, -0.05) is 6.07 Å². The van der Waals surface area contributed by atoms with Crippen LogP contribution in [0.25, 0.3) is 0 Å². The van der Waals surface area contributed by atoms with Crippen molar-refractivity contribution in [2.75, 3.05) is 44.3 Å². The van der Waals surface area contributed by atoms with Gasteiger partial charge in [-0.3, -0.25) is 4.79 Å². The van der Waals surface area contributed by atoms with Crippen LogP contribution in [0.15, 0.2) is 18.3 Å². The number of ether oxygens (including phenoxy) is 1. The van der Waals surface area contributed by atoms with E-state index in [1.165, 1.54) is 12.8 Å². The topological polar surface area (TPSA) is 66.5 Å². The summed E-state index contributed by atoms with van der Waals surface area (Å²) in [7, 11) is 0. The third-order valence-corrected chi connectivity index (χ3v) is 4.89. The summed E-state index contributed by atoms with van der Waals surface area (Å²) in [5, 5.41) is 6.43. The molecule has 2 N–H and O–H groups in total. The second-order valence-corrected chi connectivity index (χ2v) is 6.59. The summed E-state index contributed by atoms with van der Waals surface area (Å²) < 4.78 is 5.41. The van der Waals surface area contributed by atoms with Gasteiger partial charge in [0.05, 0.1) is 13.2 Å². The quantitative estimate of drug-likeness (QED) is 0.760. The van der Waals surface area contributed by atoms with Crippen molar-refractivity contribution < 1.29 is 9.53 Å². The van der Waals surface area contributed by atoms with E-state index in [9.17, 15) is 4.79 Å². The Kier molecular flexibility index (Phi) is 10.9. The van der Waals surface area contributed by atoms with Gasteiger partial charge in [-0.05, 0) is 44.3 Å². The van der Waals surface area contributed by atoms with E-state index in [2.05, 4.69) is 20.5 Å². The molecule has 0 unspecified atom stereocenters. The molecule has 0 bridgehead atoms. The Morgan fingerprint density at radius 2 is 2.00 bits per heavy atom. The molecule has 2 saturated heterocycles. The Morgan fingerprint density at radius 3 is 2.73 bits per heavy atom. The summed E-state index contributed by atoms with van der Waals surface area (Å²) in [6.45, 7) is 5.90. The van der Waals surface area contributed by atoms with E-state index in [4.69, 9.17) is 4.74 Å². The van der Waals surface area contributed by atoms with E-state index in [-0.39, 0.29) is 30.7 Å². The van der Waals surface area contributed by atoms with Crippen molar-refractivity contribution in [1.82, 2.24) is 15.6 Å². The Bertz CT molecular complexity index is 536. The molecule has 2 aliphatic rings. The minimum Gasteiger partial charge on any atom is -0.378 e. The molecule has 0 saturated carbocycles. The lowest BCUT2D eigenvalue weighted by atomic mass is 9.93. The molecule has 1 aromatic rings. The molecule has 3 heterocycles. The SMILES string of the molecule is Cl.Cl.O=C(CCC1CCNCC1)NCc1cccnc1N1CCOCC1. The van der Waals surface area contributed by atoms with E-state index in [0.717, 1.165) is 57.2 Å². The molecular weight excluding hydrogens is 375 g/mol. The molecule has 2 aliphatic heterocycles. The molecule has 8 heteroatoms. The first-order valence-electron chi connectivity index (χ1n) is 9.07. The highest BCUT2D eigenvalue weighted by Gasteiger charge is 2.17. The van der Waals surface area contributed by atoms with Crippen LogP contribution in [0.1, 0.15) is 31.2 Å². The van der Waals surface area contributed by atoms with Gasteiger partial charge in [0, 0.05) is 37.8 Å². The maximum absolute atomic E-state index is 12.2. The van der Waals surface area contributed by atoms with Crippen LogP contribution in [0, 0.1) is 5.92 Å². The molecule has 3 rings (SSSR count). The highest BCUT2D eigenvalue weighted by atomic mass is 35.5. The summed E-state index contributed by atoms with van der Waals surface area (Å²) in [5.74, 6) is 1.81. The second-order valence-electron chi connectivity index (χ2n) is 6.59. The zero-order valence-corrected chi connectivity index (χ0v) is 16.7. The number of halogens is 2. The standard InChI is InChI=1S/C18H28N4O2.2ClH/c23-17(4-3-15-5-8-19-9-6-15)21-14-16-2-1-7-20-18(16)22-10-12-24-13-11-22;;/h1-2,7,15,19H,3-6,8-14H2,(H,21,23);2*1H.